The smallest absolute Gasteiger partial charge is 0.337 e. The van der Waals surface area contributed by atoms with Crippen LogP contribution < -0.4 is 0 Å². The van der Waals surface area contributed by atoms with Gasteiger partial charge < -0.3 is 10.2 Å². The fourth-order valence-corrected chi connectivity index (χ4v) is 1.90. The van der Waals surface area contributed by atoms with Gasteiger partial charge in [0.15, 0.2) is 6.10 Å². The van der Waals surface area contributed by atoms with E-state index in [0.29, 0.717) is 17.9 Å². The molecule has 0 fully saturated rings. The maximum atomic E-state index is 10.8. The van der Waals surface area contributed by atoms with Crippen molar-refractivity contribution in [2.24, 2.45) is 0 Å². The van der Waals surface area contributed by atoms with Crippen molar-refractivity contribution in [1.29, 1.82) is 0 Å². The van der Waals surface area contributed by atoms with Crippen LogP contribution >= 0.6 is 23.2 Å². The molecule has 94 valence electrons. The van der Waals surface area contributed by atoms with Gasteiger partial charge in [-0.2, -0.15) is 0 Å². The van der Waals surface area contributed by atoms with Gasteiger partial charge >= 0.3 is 5.97 Å². The van der Waals surface area contributed by atoms with Crippen LogP contribution in [0.25, 0.3) is 0 Å². The van der Waals surface area contributed by atoms with Crippen LogP contribution in [-0.2, 0) is 17.1 Å². The molecule has 0 heterocycles. The Kier molecular flexibility index (Phi) is 5.75. The van der Waals surface area contributed by atoms with Gasteiger partial charge in [0.2, 0.25) is 0 Å². The average Bonchev–Trinajstić information content (AvgIpc) is 2.35. The number of hydrogen-bond acceptors (Lipinski definition) is 2. The Labute approximate surface area is 110 Å². The summed E-state index contributed by atoms with van der Waals surface area (Å²) in [6.45, 7) is 0. The van der Waals surface area contributed by atoms with Crippen molar-refractivity contribution in [2.75, 3.05) is 5.88 Å². The topological polar surface area (TPSA) is 57.5 Å². The maximum Gasteiger partial charge on any atom is 0.337 e. The zero-order valence-electron chi connectivity index (χ0n) is 9.20. The summed E-state index contributed by atoms with van der Waals surface area (Å²) in [5.74, 6) is -0.474. The minimum atomic E-state index is -1.51. The van der Waals surface area contributed by atoms with Gasteiger partial charge in [-0.3, -0.25) is 0 Å². The highest BCUT2D eigenvalue weighted by atomic mass is 35.5. The van der Waals surface area contributed by atoms with E-state index in [1.165, 1.54) is 0 Å². The van der Waals surface area contributed by atoms with Crippen LogP contribution in [0.3, 0.4) is 0 Å². The molecule has 0 saturated carbocycles. The van der Waals surface area contributed by atoms with Gasteiger partial charge in [-0.15, -0.1) is 23.2 Å². The Morgan fingerprint density at radius 1 is 1.35 bits per heavy atom. The van der Waals surface area contributed by atoms with E-state index in [1.54, 1.807) is 12.1 Å². The number of halogens is 2. The van der Waals surface area contributed by atoms with Gasteiger partial charge in [0.1, 0.15) is 0 Å². The van der Waals surface area contributed by atoms with Crippen molar-refractivity contribution in [3.8, 4) is 0 Å². The molecule has 0 aliphatic carbocycles. The fourth-order valence-electron chi connectivity index (χ4n) is 1.60. The normalized spacial score (nSPS) is 12.4. The zero-order chi connectivity index (χ0) is 12.8. The number of rotatable bonds is 6. The third kappa shape index (κ3) is 3.87. The number of hydrogen-bond donors (Lipinski definition) is 2. The largest absolute Gasteiger partial charge is 0.479 e. The molecule has 1 unspecified atom stereocenters. The van der Waals surface area contributed by atoms with Crippen molar-refractivity contribution in [3.05, 3.63) is 34.9 Å². The van der Waals surface area contributed by atoms with E-state index in [1.807, 2.05) is 6.07 Å². The fraction of sp³-hybridized carbons (Fsp3) is 0.417. The molecule has 0 aliphatic rings. The van der Waals surface area contributed by atoms with Crippen molar-refractivity contribution >= 4 is 29.2 Å². The summed E-state index contributed by atoms with van der Waals surface area (Å²) in [5, 5.41) is 18.5. The predicted octanol–water partition coefficient (Wildman–Crippen LogP) is 2.71. The minimum absolute atomic E-state index is 0.287. The summed E-state index contributed by atoms with van der Waals surface area (Å²) in [6.07, 6.45) is -0.129. The molecular formula is C12H14Cl2O3. The van der Waals surface area contributed by atoms with Crippen molar-refractivity contribution < 1.29 is 15.0 Å². The second-order valence-corrected chi connectivity index (χ2v) is 4.35. The number of aliphatic carboxylic acids is 1. The molecule has 2 N–H and O–H groups in total. The van der Waals surface area contributed by atoms with E-state index in [9.17, 15) is 9.90 Å². The highest BCUT2D eigenvalue weighted by Crippen LogP contribution is 2.22. The van der Waals surface area contributed by atoms with Gasteiger partial charge in [-0.05, 0) is 29.5 Å². The lowest BCUT2D eigenvalue weighted by atomic mass is 9.97. The molecule has 0 spiro atoms. The van der Waals surface area contributed by atoms with Crippen LogP contribution in [0.15, 0.2) is 18.2 Å². The Morgan fingerprint density at radius 3 is 2.59 bits per heavy atom. The monoisotopic (exact) mass is 276 g/mol. The van der Waals surface area contributed by atoms with E-state index in [2.05, 4.69) is 0 Å². The third-order valence-corrected chi connectivity index (χ3v) is 3.05. The Hall–Kier alpha value is -0.770. The highest BCUT2D eigenvalue weighted by Gasteiger charge is 2.19. The van der Waals surface area contributed by atoms with Gasteiger partial charge in [0, 0.05) is 11.8 Å². The summed E-state index contributed by atoms with van der Waals surface area (Å²) in [4.78, 5) is 10.8. The molecule has 1 aromatic rings. The van der Waals surface area contributed by atoms with Crippen LogP contribution in [0.2, 0.25) is 0 Å². The summed E-state index contributed by atoms with van der Waals surface area (Å²) in [5.41, 5.74) is 1.99. The number of aryl methyl sites for hydroxylation is 1. The molecule has 1 atom stereocenters. The summed E-state index contributed by atoms with van der Waals surface area (Å²) in [7, 11) is 0. The van der Waals surface area contributed by atoms with E-state index >= 15 is 0 Å². The second kappa shape index (κ2) is 6.84. The third-order valence-electron chi connectivity index (χ3n) is 2.47. The van der Waals surface area contributed by atoms with Crippen molar-refractivity contribution in [3.63, 3.8) is 0 Å². The minimum Gasteiger partial charge on any atom is -0.479 e. The molecule has 0 bridgehead atoms. The molecule has 5 heteroatoms. The molecule has 0 aliphatic heterocycles. The molecule has 0 saturated heterocycles. The van der Waals surface area contributed by atoms with Crippen LogP contribution in [0.1, 0.15) is 29.2 Å². The SMILES string of the molecule is O=C(O)C(O)c1cc(CCl)ccc1CCCCl. The molecule has 17 heavy (non-hydrogen) atoms. The number of carbonyl (C=O) groups is 1. The van der Waals surface area contributed by atoms with Gasteiger partial charge in [-0.25, -0.2) is 4.79 Å². The second-order valence-electron chi connectivity index (χ2n) is 3.70. The molecule has 1 rings (SSSR count). The molecule has 1 aromatic carbocycles. The maximum absolute atomic E-state index is 10.8. The number of aliphatic hydroxyl groups is 1. The number of benzene rings is 1. The summed E-state index contributed by atoms with van der Waals surface area (Å²) in [6, 6.07) is 5.26. The molecule has 0 amide bonds. The Bertz CT molecular complexity index is 393. The van der Waals surface area contributed by atoms with Crippen molar-refractivity contribution in [1.82, 2.24) is 0 Å². The standard InChI is InChI=1S/C12H14Cl2O3/c13-5-1-2-9-4-3-8(7-14)6-10(9)11(15)12(16)17/h3-4,6,11,15H,1-2,5,7H2,(H,16,17). The molecule has 0 aromatic heterocycles. The summed E-state index contributed by atoms with van der Waals surface area (Å²) < 4.78 is 0. The first-order valence-electron chi connectivity index (χ1n) is 5.24. The van der Waals surface area contributed by atoms with E-state index < -0.39 is 12.1 Å². The first kappa shape index (κ1) is 14.3. The lowest BCUT2D eigenvalue weighted by molar-refractivity contribution is -0.147. The number of carboxylic acids is 1. The lowest BCUT2D eigenvalue weighted by Crippen LogP contribution is -2.13. The van der Waals surface area contributed by atoms with E-state index in [0.717, 1.165) is 17.5 Å². The number of aliphatic hydroxyl groups excluding tert-OH is 1. The average molecular weight is 277 g/mol. The molecule has 3 nitrogen and oxygen atoms in total. The first-order valence-corrected chi connectivity index (χ1v) is 6.31. The molecule has 0 radical (unpaired) electrons. The molecular weight excluding hydrogens is 263 g/mol. The number of alkyl halides is 2. The predicted molar refractivity (Wildman–Crippen MR) is 67.6 cm³/mol. The lowest BCUT2D eigenvalue weighted by Gasteiger charge is -2.13. The van der Waals surface area contributed by atoms with Crippen molar-refractivity contribution in [2.45, 2.75) is 24.8 Å². The highest BCUT2D eigenvalue weighted by molar-refractivity contribution is 6.17. The number of carboxylic acid groups (broad SMARTS) is 1. The van der Waals surface area contributed by atoms with E-state index in [-0.39, 0.29) is 5.88 Å². The zero-order valence-corrected chi connectivity index (χ0v) is 10.7. The van der Waals surface area contributed by atoms with Crippen LogP contribution in [0, 0.1) is 0 Å². The quantitative estimate of drug-likeness (QED) is 0.786. The van der Waals surface area contributed by atoms with Gasteiger partial charge in [0.05, 0.1) is 0 Å². The van der Waals surface area contributed by atoms with Crippen LogP contribution in [0.5, 0.6) is 0 Å². The van der Waals surface area contributed by atoms with E-state index in [4.69, 9.17) is 28.3 Å². The Morgan fingerprint density at radius 2 is 2.06 bits per heavy atom. The Balaban J connectivity index is 3.06. The first-order chi connectivity index (χ1) is 8.10. The van der Waals surface area contributed by atoms with Crippen LogP contribution in [0.4, 0.5) is 0 Å². The van der Waals surface area contributed by atoms with Gasteiger partial charge in [-0.1, -0.05) is 18.2 Å². The summed E-state index contributed by atoms with van der Waals surface area (Å²) >= 11 is 11.3. The van der Waals surface area contributed by atoms with Crippen LogP contribution in [-0.4, -0.2) is 22.1 Å². The van der Waals surface area contributed by atoms with Gasteiger partial charge in [0.25, 0.3) is 0 Å².